The first-order valence-electron chi connectivity index (χ1n) is 9.13. The van der Waals surface area contributed by atoms with Crippen LogP contribution < -0.4 is 14.8 Å². The van der Waals surface area contributed by atoms with Crippen molar-refractivity contribution in [3.05, 3.63) is 65.6 Å². The quantitative estimate of drug-likeness (QED) is 0.685. The van der Waals surface area contributed by atoms with Gasteiger partial charge in [-0.2, -0.15) is 5.10 Å². The van der Waals surface area contributed by atoms with E-state index in [-0.39, 0.29) is 17.1 Å². The third kappa shape index (κ3) is 4.39. The lowest BCUT2D eigenvalue weighted by atomic mass is 9.92. The molecule has 3 aromatic rings. The largest absolute Gasteiger partial charge is 0.493 e. The second kappa shape index (κ2) is 7.95. The maximum atomic E-state index is 13.3. The van der Waals surface area contributed by atoms with Crippen LogP contribution in [-0.2, 0) is 5.41 Å². The maximum Gasteiger partial charge on any atom is 0.256 e. The van der Waals surface area contributed by atoms with E-state index in [4.69, 9.17) is 9.47 Å². The fourth-order valence-corrected chi connectivity index (χ4v) is 2.78. The highest BCUT2D eigenvalue weighted by Gasteiger charge is 2.22. The summed E-state index contributed by atoms with van der Waals surface area (Å²) in [5.41, 5.74) is 1.62. The van der Waals surface area contributed by atoms with Gasteiger partial charge in [-0.15, -0.1) is 0 Å². The van der Waals surface area contributed by atoms with Gasteiger partial charge in [0.15, 0.2) is 11.5 Å². The standard InChI is InChI=1S/C22H24FN3O3/c1-22(2,3)19-13-20(26(25-19)16-9-7-15(23)8-10-16)24-21(27)14-6-11-17(28-4)18(12-14)29-5/h6-13H,1-5H3,(H,24,27). The monoisotopic (exact) mass is 397 g/mol. The van der Waals surface area contributed by atoms with Crippen LogP contribution in [0.4, 0.5) is 10.2 Å². The molecule has 2 aromatic carbocycles. The number of amides is 1. The van der Waals surface area contributed by atoms with Gasteiger partial charge in [0.25, 0.3) is 5.91 Å². The smallest absolute Gasteiger partial charge is 0.256 e. The van der Waals surface area contributed by atoms with Gasteiger partial charge >= 0.3 is 0 Å². The molecule has 0 atom stereocenters. The van der Waals surface area contributed by atoms with Crippen molar-refractivity contribution < 1.29 is 18.7 Å². The summed E-state index contributed by atoms with van der Waals surface area (Å²) in [6.45, 7) is 6.10. The lowest BCUT2D eigenvalue weighted by molar-refractivity contribution is 0.102. The van der Waals surface area contributed by atoms with Crippen molar-refractivity contribution >= 4 is 11.7 Å². The van der Waals surface area contributed by atoms with E-state index in [0.717, 1.165) is 5.69 Å². The van der Waals surface area contributed by atoms with E-state index < -0.39 is 0 Å². The number of ether oxygens (including phenoxy) is 2. The van der Waals surface area contributed by atoms with Crippen LogP contribution in [0.2, 0.25) is 0 Å². The Morgan fingerprint density at radius 1 is 1.00 bits per heavy atom. The van der Waals surface area contributed by atoms with Crippen LogP contribution in [0.1, 0.15) is 36.8 Å². The molecule has 0 spiro atoms. The van der Waals surface area contributed by atoms with Gasteiger partial charge in [0.2, 0.25) is 0 Å². The van der Waals surface area contributed by atoms with Gasteiger partial charge in [-0.25, -0.2) is 9.07 Å². The van der Waals surface area contributed by atoms with Crippen LogP contribution in [0.5, 0.6) is 11.5 Å². The zero-order valence-electron chi connectivity index (χ0n) is 17.1. The molecule has 1 N–H and O–H groups in total. The number of benzene rings is 2. The van der Waals surface area contributed by atoms with E-state index in [1.807, 2.05) is 26.8 Å². The average molecular weight is 397 g/mol. The second-order valence-corrected chi connectivity index (χ2v) is 7.58. The molecule has 0 saturated heterocycles. The zero-order valence-corrected chi connectivity index (χ0v) is 17.1. The lowest BCUT2D eigenvalue weighted by Crippen LogP contribution is -2.15. The molecule has 0 bridgehead atoms. The number of carbonyl (C=O) groups is 1. The molecule has 1 heterocycles. The van der Waals surface area contributed by atoms with Gasteiger partial charge in [0.05, 0.1) is 25.6 Å². The fourth-order valence-electron chi connectivity index (χ4n) is 2.78. The number of nitrogens with one attached hydrogen (secondary N) is 1. The van der Waals surface area contributed by atoms with E-state index in [9.17, 15) is 9.18 Å². The molecule has 7 heteroatoms. The number of hydrogen-bond donors (Lipinski definition) is 1. The van der Waals surface area contributed by atoms with E-state index in [1.54, 1.807) is 35.0 Å². The molecule has 0 radical (unpaired) electrons. The molecule has 6 nitrogen and oxygen atoms in total. The summed E-state index contributed by atoms with van der Waals surface area (Å²) < 4.78 is 25.4. The molecule has 1 aromatic heterocycles. The van der Waals surface area contributed by atoms with Crippen molar-refractivity contribution in [1.82, 2.24) is 9.78 Å². The molecule has 0 aliphatic rings. The Balaban J connectivity index is 1.98. The van der Waals surface area contributed by atoms with Crippen LogP contribution in [-0.4, -0.2) is 29.9 Å². The Bertz CT molecular complexity index is 1020. The van der Waals surface area contributed by atoms with Crippen molar-refractivity contribution in [3.63, 3.8) is 0 Å². The van der Waals surface area contributed by atoms with E-state index in [1.165, 1.54) is 26.4 Å². The molecule has 0 aliphatic carbocycles. The van der Waals surface area contributed by atoms with Gasteiger partial charge in [-0.3, -0.25) is 4.79 Å². The highest BCUT2D eigenvalue weighted by molar-refractivity contribution is 6.04. The van der Waals surface area contributed by atoms with Gasteiger partial charge in [0.1, 0.15) is 11.6 Å². The molecule has 0 saturated carbocycles. The van der Waals surface area contributed by atoms with Crippen molar-refractivity contribution in [2.45, 2.75) is 26.2 Å². The van der Waals surface area contributed by atoms with Crippen LogP contribution >= 0.6 is 0 Å². The van der Waals surface area contributed by atoms with Gasteiger partial charge < -0.3 is 14.8 Å². The molecule has 3 rings (SSSR count). The summed E-state index contributed by atoms with van der Waals surface area (Å²) in [6, 6.07) is 12.7. The molecule has 152 valence electrons. The van der Waals surface area contributed by atoms with Crippen molar-refractivity contribution in [2.75, 3.05) is 19.5 Å². The number of hydrogen-bond acceptors (Lipinski definition) is 4. The normalized spacial score (nSPS) is 11.2. The Labute approximate surface area is 169 Å². The maximum absolute atomic E-state index is 13.3. The van der Waals surface area contributed by atoms with Crippen LogP contribution in [0.15, 0.2) is 48.5 Å². The SMILES string of the molecule is COc1ccc(C(=O)Nc2cc(C(C)(C)C)nn2-c2ccc(F)cc2)cc1OC. The predicted molar refractivity (Wildman–Crippen MR) is 110 cm³/mol. The van der Waals surface area contributed by atoms with Crippen LogP contribution in [0.3, 0.4) is 0 Å². The zero-order chi connectivity index (χ0) is 21.2. The van der Waals surface area contributed by atoms with E-state index in [2.05, 4.69) is 10.4 Å². The molecular formula is C22H24FN3O3. The van der Waals surface area contributed by atoms with Crippen molar-refractivity contribution in [3.8, 4) is 17.2 Å². The van der Waals surface area contributed by atoms with Crippen molar-refractivity contribution in [2.24, 2.45) is 0 Å². The second-order valence-electron chi connectivity index (χ2n) is 7.58. The lowest BCUT2D eigenvalue weighted by Gasteiger charge is -2.14. The summed E-state index contributed by atoms with van der Waals surface area (Å²) in [4.78, 5) is 12.9. The highest BCUT2D eigenvalue weighted by Crippen LogP contribution is 2.29. The van der Waals surface area contributed by atoms with Gasteiger partial charge in [-0.1, -0.05) is 20.8 Å². The minimum atomic E-state index is -0.340. The summed E-state index contributed by atoms with van der Waals surface area (Å²) in [6.07, 6.45) is 0. The van der Waals surface area contributed by atoms with Gasteiger partial charge in [-0.05, 0) is 42.5 Å². The van der Waals surface area contributed by atoms with Gasteiger partial charge in [0, 0.05) is 17.0 Å². The van der Waals surface area contributed by atoms with Crippen molar-refractivity contribution in [1.29, 1.82) is 0 Å². The number of halogens is 1. The van der Waals surface area contributed by atoms with Crippen LogP contribution in [0.25, 0.3) is 5.69 Å². The number of carbonyl (C=O) groups excluding carboxylic acids is 1. The Morgan fingerprint density at radius 3 is 2.24 bits per heavy atom. The number of aromatic nitrogens is 2. The first-order chi connectivity index (χ1) is 13.7. The highest BCUT2D eigenvalue weighted by atomic mass is 19.1. The summed E-state index contributed by atoms with van der Waals surface area (Å²) in [7, 11) is 3.05. The Morgan fingerprint density at radius 2 is 1.66 bits per heavy atom. The summed E-state index contributed by atoms with van der Waals surface area (Å²) in [5, 5.41) is 7.52. The average Bonchev–Trinajstić information content (AvgIpc) is 3.12. The fraction of sp³-hybridized carbons (Fsp3) is 0.273. The first-order valence-corrected chi connectivity index (χ1v) is 9.13. The molecule has 1 amide bonds. The minimum Gasteiger partial charge on any atom is -0.493 e. The van der Waals surface area contributed by atoms with Crippen LogP contribution in [0, 0.1) is 5.82 Å². The third-order valence-corrected chi connectivity index (χ3v) is 4.44. The third-order valence-electron chi connectivity index (χ3n) is 4.44. The molecule has 0 fully saturated rings. The topological polar surface area (TPSA) is 65.4 Å². The molecule has 0 unspecified atom stereocenters. The predicted octanol–water partition coefficient (Wildman–Crippen LogP) is 4.58. The molecule has 0 aliphatic heterocycles. The molecular weight excluding hydrogens is 373 g/mol. The van der Waals surface area contributed by atoms with E-state index >= 15 is 0 Å². The molecule has 29 heavy (non-hydrogen) atoms. The summed E-state index contributed by atoms with van der Waals surface area (Å²) in [5.74, 6) is 0.821. The minimum absolute atomic E-state index is 0.228. The number of anilines is 1. The number of nitrogens with zero attached hydrogens (tertiary/aromatic N) is 2. The first kappa shape index (κ1) is 20.4. The number of methoxy groups -OCH3 is 2. The number of rotatable bonds is 5. The Hall–Kier alpha value is -3.35. The Kier molecular flexibility index (Phi) is 5.59. The summed E-state index contributed by atoms with van der Waals surface area (Å²) >= 11 is 0. The van der Waals surface area contributed by atoms with E-state index in [0.29, 0.717) is 28.6 Å².